The summed E-state index contributed by atoms with van der Waals surface area (Å²) in [6.45, 7) is 12.5. The van der Waals surface area contributed by atoms with E-state index in [4.69, 9.17) is 4.74 Å². The smallest absolute Gasteiger partial charge is 0.121 e. The highest BCUT2D eigenvalue weighted by molar-refractivity contribution is 5.36. The van der Waals surface area contributed by atoms with Crippen LogP contribution >= 0.6 is 0 Å². The summed E-state index contributed by atoms with van der Waals surface area (Å²) >= 11 is 0. The van der Waals surface area contributed by atoms with Crippen molar-refractivity contribution in [1.29, 1.82) is 0 Å². The highest BCUT2D eigenvalue weighted by Gasteiger charge is 2.27. The van der Waals surface area contributed by atoms with Crippen LogP contribution < -0.4 is 4.74 Å². The number of benzene rings is 1. The Labute approximate surface area is 175 Å². The number of piperazine rings is 1. The molecule has 1 aromatic carbocycles. The Hall–Kier alpha value is -1.89. The monoisotopic (exact) mass is 400 g/mol. The predicted octanol–water partition coefficient (Wildman–Crippen LogP) is 2.99. The lowest BCUT2D eigenvalue weighted by Gasteiger charge is -2.41. The molecular weight excluding hydrogens is 364 g/mol. The summed E-state index contributed by atoms with van der Waals surface area (Å²) in [4.78, 5) is 5.03. The summed E-state index contributed by atoms with van der Waals surface area (Å²) in [5.74, 6) is 0.935. The van der Waals surface area contributed by atoms with Crippen molar-refractivity contribution in [1.82, 2.24) is 19.6 Å². The van der Waals surface area contributed by atoms with Gasteiger partial charge < -0.3 is 9.84 Å². The minimum atomic E-state index is 0.226. The van der Waals surface area contributed by atoms with Crippen molar-refractivity contribution in [2.24, 2.45) is 0 Å². The molecule has 0 amide bonds. The molecule has 1 fully saturated rings. The summed E-state index contributed by atoms with van der Waals surface area (Å²) in [5, 5.41) is 14.3. The van der Waals surface area contributed by atoms with E-state index in [-0.39, 0.29) is 6.61 Å². The maximum absolute atomic E-state index is 9.62. The van der Waals surface area contributed by atoms with Gasteiger partial charge in [-0.15, -0.1) is 0 Å². The number of rotatable bonds is 9. The molecule has 1 aromatic heterocycles. The molecule has 1 atom stereocenters. The Morgan fingerprint density at radius 1 is 1.21 bits per heavy atom. The Morgan fingerprint density at radius 3 is 2.72 bits per heavy atom. The van der Waals surface area contributed by atoms with E-state index in [0.29, 0.717) is 6.04 Å². The van der Waals surface area contributed by atoms with Crippen LogP contribution in [0.15, 0.2) is 24.4 Å². The number of ether oxygens (including phenoxy) is 1. The number of methoxy groups -OCH3 is 1. The molecule has 0 radical (unpaired) electrons. The average Bonchev–Trinajstić information content (AvgIpc) is 3.03. The van der Waals surface area contributed by atoms with E-state index in [2.05, 4.69) is 64.7 Å². The van der Waals surface area contributed by atoms with E-state index in [1.807, 2.05) is 0 Å². The molecule has 160 valence electrons. The second-order valence-corrected chi connectivity index (χ2v) is 8.18. The standard InChI is InChI=1S/C23H36N4O2/c1-5-9-27-16-21(19(3)24-27)15-25-10-11-26(22(17-25)8-12-28)14-20-6-7-23(29-4)18(2)13-20/h6-7,13,16,22,28H,5,8-12,14-15,17H2,1-4H3/t22-/m1/s1. The van der Waals surface area contributed by atoms with Crippen molar-refractivity contribution in [2.45, 2.75) is 59.3 Å². The van der Waals surface area contributed by atoms with Gasteiger partial charge in [0.05, 0.1) is 12.8 Å². The summed E-state index contributed by atoms with van der Waals surface area (Å²) < 4.78 is 7.45. The van der Waals surface area contributed by atoms with Crippen molar-refractivity contribution in [3.05, 3.63) is 46.8 Å². The van der Waals surface area contributed by atoms with Crippen molar-refractivity contribution < 1.29 is 9.84 Å². The lowest BCUT2D eigenvalue weighted by molar-refractivity contribution is 0.0498. The zero-order valence-corrected chi connectivity index (χ0v) is 18.4. The first-order valence-electron chi connectivity index (χ1n) is 10.8. The number of hydrogen-bond acceptors (Lipinski definition) is 5. The van der Waals surface area contributed by atoms with Gasteiger partial charge in [-0.25, -0.2) is 0 Å². The maximum Gasteiger partial charge on any atom is 0.121 e. The van der Waals surface area contributed by atoms with E-state index in [1.54, 1.807) is 7.11 Å². The SMILES string of the molecule is CCCn1cc(CN2CCN(Cc3ccc(OC)c(C)c3)[C@H](CCO)C2)c(C)n1. The van der Waals surface area contributed by atoms with Gasteiger partial charge in [-0.1, -0.05) is 19.1 Å². The first-order chi connectivity index (χ1) is 14.0. The van der Waals surface area contributed by atoms with E-state index in [1.165, 1.54) is 16.7 Å². The van der Waals surface area contributed by atoms with Gasteiger partial charge in [0.25, 0.3) is 0 Å². The number of aliphatic hydroxyl groups excluding tert-OH is 1. The van der Waals surface area contributed by atoms with Gasteiger partial charge in [0.15, 0.2) is 0 Å². The van der Waals surface area contributed by atoms with Crippen LogP contribution in [0.4, 0.5) is 0 Å². The molecule has 1 aliphatic heterocycles. The number of aliphatic hydroxyl groups is 1. The Balaban J connectivity index is 1.64. The second kappa shape index (κ2) is 10.2. The van der Waals surface area contributed by atoms with E-state index >= 15 is 0 Å². The van der Waals surface area contributed by atoms with Crippen LogP contribution in [0.3, 0.4) is 0 Å². The Morgan fingerprint density at radius 2 is 2.03 bits per heavy atom. The molecule has 0 spiro atoms. The molecular formula is C23H36N4O2. The molecule has 1 aliphatic rings. The molecule has 3 rings (SSSR count). The summed E-state index contributed by atoms with van der Waals surface area (Å²) in [7, 11) is 1.71. The van der Waals surface area contributed by atoms with Crippen LogP contribution in [0.25, 0.3) is 0 Å². The van der Waals surface area contributed by atoms with Crippen molar-refractivity contribution in [2.75, 3.05) is 33.4 Å². The lowest BCUT2D eigenvalue weighted by atomic mass is 10.0. The molecule has 2 aromatic rings. The average molecular weight is 401 g/mol. The van der Waals surface area contributed by atoms with Crippen molar-refractivity contribution >= 4 is 0 Å². The first-order valence-corrected chi connectivity index (χ1v) is 10.8. The third-order valence-corrected chi connectivity index (χ3v) is 5.89. The highest BCUT2D eigenvalue weighted by atomic mass is 16.5. The van der Waals surface area contributed by atoms with Crippen molar-refractivity contribution in [3.63, 3.8) is 0 Å². The molecule has 6 heteroatoms. The van der Waals surface area contributed by atoms with Crippen LogP contribution in [0.2, 0.25) is 0 Å². The van der Waals surface area contributed by atoms with Gasteiger partial charge in [0, 0.05) is 63.7 Å². The largest absolute Gasteiger partial charge is 0.496 e. The quantitative estimate of drug-likeness (QED) is 0.701. The molecule has 1 N–H and O–H groups in total. The third kappa shape index (κ3) is 5.59. The van der Waals surface area contributed by atoms with Crippen LogP contribution in [0.1, 0.15) is 42.1 Å². The number of aromatic nitrogens is 2. The maximum atomic E-state index is 9.62. The molecule has 2 heterocycles. The predicted molar refractivity (Wildman–Crippen MR) is 116 cm³/mol. The van der Waals surface area contributed by atoms with Crippen LogP contribution in [0, 0.1) is 13.8 Å². The number of nitrogens with zero attached hydrogens (tertiary/aromatic N) is 4. The minimum absolute atomic E-state index is 0.226. The zero-order valence-electron chi connectivity index (χ0n) is 18.4. The van der Waals surface area contributed by atoms with E-state index < -0.39 is 0 Å². The first kappa shape index (κ1) is 21.8. The van der Waals surface area contributed by atoms with E-state index in [0.717, 1.165) is 63.6 Å². The Bertz CT molecular complexity index is 789. The van der Waals surface area contributed by atoms with Gasteiger partial charge in [0.2, 0.25) is 0 Å². The van der Waals surface area contributed by atoms with Gasteiger partial charge in [-0.3, -0.25) is 14.5 Å². The minimum Gasteiger partial charge on any atom is -0.496 e. The van der Waals surface area contributed by atoms with Gasteiger partial charge in [-0.2, -0.15) is 5.10 Å². The molecule has 29 heavy (non-hydrogen) atoms. The molecule has 1 saturated heterocycles. The molecule has 0 aliphatic carbocycles. The van der Waals surface area contributed by atoms with Gasteiger partial charge in [0.1, 0.15) is 5.75 Å². The van der Waals surface area contributed by atoms with Crippen molar-refractivity contribution in [3.8, 4) is 5.75 Å². The fourth-order valence-corrected chi connectivity index (χ4v) is 4.30. The fourth-order valence-electron chi connectivity index (χ4n) is 4.30. The lowest BCUT2D eigenvalue weighted by Crippen LogP contribution is -2.52. The zero-order chi connectivity index (χ0) is 20.8. The summed E-state index contributed by atoms with van der Waals surface area (Å²) in [6.07, 6.45) is 4.11. The van der Waals surface area contributed by atoms with Crippen LogP contribution in [-0.2, 0) is 19.6 Å². The third-order valence-electron chi connectivity index (χ3n) is 5.89. The highest BCUT2D eigenvalue weighted by Crippen LogP contribution is 2.23. The molecule has 6 nitrogen and oxygen atoms in total. The normalized spacial score (nSPS) is 18.3. The topological polar surface area (TPSA) is 53.8 Å². The van der Waals surface area contributed by atoms with Crippen LogP contribution in [-0.4, -0.2) is 64.1 Å². The fraction of sp³-hybridized carbons (Fsp3) is 0.609. The summed E-state index contributed by atoms with van der Waals surface area (Å²) in [6, 6.07) is 6.78. The van der Waals surface area contributed by atoms with Gasteiger partial charge in [-0.05, 0) is 43.9 Å². The summed E-state index contributed by atoms with van der Waals surface area (Å²) in [5.41, 5.74) is 4.92. The molecule has 0 saturated carbocycles. The number of aryl methyl sites for hydroxylation is 3. The molecule has 0 bridgehead atoms. The Kier molecular flexibility index (Phi) is 7.70. The second-order valence-electron chi connectivity index (χ2n) is 8.18. The molecule has 0 unspecified atom stereocenters. The van der Waals surface area contributed by atoms with Crippen LogP contribution in [0.5, 0.6) is 5.75 Å². The number of hydrogen-bond donors (Lipinski definition) is 1. The van der Waals surface area contributed by atoms with E-state index in [9.17, 15) is 5.11 Å². The van der Waals surface area contributed by atoms with Gasteiger partial charge >= 0.3 is 0 Å².